The summed E-state index contributed by atoms with van der Waals surface area (Å²) in [6.45, 7) is 3.16. The Morgan fingerprint density at radius 2 is 2.05 bits per heavy atom. The molecule has 21 heavy (non-hydrogen) atoms. The van der Waals surface area contributed by atoms with Gasteiger partial charge in [-0.15, -0.1) is 0 Å². The summed E-state index contributed by atoms with van der Waals surface area (Å²) >= 11 is 0. The Balaban J connectivity index is 1.46. The van der Waals surface area contributed by atoms with Gasteiger partial charge in [-0.3, -0.25) is 4.68 Å². The fourth-order valence-electron chi connectivity index (χ4n) is 3.06. The topological polar surface area (TPSA) is 21.1 Å². The van der Waals surface area contributed by atoms with Crippen LogP contribution in [0.15, 0.2) is 36.7 Å². The summed E-state index contributed by atoms with van der Waals surface area (Å²) < 4.78 is 15.3. The highest BCUT2D eigenvalue weighted by Crippen LogP contribution is 2.27. The van der Waals surface area contributed by atoms with Crippen molar-refractivity contribution in [2.24, 2.45) is 0 Å². The smallest absolute Gasteiger partial charge is 0.123 e. The first-order chi connectivity index (χ1) is 10.3. The molecule has 4 heteroatoms. The largest absolute Gasteiger partial charge is 0.371 e. The highest BCUT2D eigenvalue weighted by Gasteiger charge is 2.16. The van der Waals surface area contributed by atoms with Gasteiger partial charge in [0, 0.05) is 37.7 Å². The van der Waals surface area contributed by atoms with E-state index in [1.807, 2.05) is 29.2 Å². The van der Waals surface area contributed by atoms with Crippen LogP contribution in [0.2, 0.25) is 0 Å². The van der Waals surface area contributed by atoms with E-state index in [-0.39, 0.29) is 5.82 Å². The van der Waals surface area contributed by atoms with E-state index in [1.54, 1.807) is 12.1 Å². The Hall–Kier alpha value is -1.84. The third-order valence-corrected chi connectivity index (χ3v) is 4.13. The van der Waals surface area contributed by atoms with Gasteiger partial charge in [-0.05, 0) is 61.9 Å². The van der Waals surface area contributed by atoms with Crippen LogP contribution < -0.4 is 4.90 Å². The highest BCUT2D eigenvalue weighted by molar-refractivity contribution is 5.55. The maximum Gasteiger partial charge on any atom is 0.123 e. The van der Waals surface area contributed by atoms with E-state index in [2.05, 4.69) is 10.00 Å². The zero-order chi connectivity index (χ0) is 14.5. The van der Waals surface area contributed by atoms with Gasteiger partial charge in [-0.25, -0.2) is 4.39 Å². The summed E-state index contributed by atoms with van der Waals surface area (Å²) in [6, 6.07) is 7.17. The van der Waals surface area contributed by atoms with Crippen LogP contribution in [0.5, 0.6) is 0 Å². The predicted octanol–water partition coefficient (Wildman–Crippen LogP) is 3.65. The van der Waals surface area contributed by atoms with Crippen molar-refractivity contribution in [3.63, 3.8) is 0 Å². The molecule has 0 atom stereocenters. The first-order valence-corrected chi connectivity index (χ1v) is 7.84. The van der Waals surface area contributed by atoms with Crippen molar-refractivity contribution >= 4 is 5.69 Å². The second kappa shape index (κ2) is 6.74. The average molecular weight is 287 g/mol. The number of hydrogen-bond donors (Lipinski definition) is 0. The Labute approximate surface area is 125 Å². The van der Waals surface area contributed by atoms with E-state index in [9.17, 15) is 4.39 Å². The molecule has 2 aromatic rings. The van der Waals surface area contributed by atoms with Crippen molar-refractivity contribution in [1.82, 2.24) is 9.78 Å². The number of aromatic nitrogens is 2. The molecule has 0 saturated heterocycles. The van der Waals surface area contributed by atoms with Crippen LogP contribution in [0.1, 0.15) is 31.2 Å². The molecule has 1 aromatic carbocycles. The number of unbranched alkanes of at least 4 members (excludes halogenated alkanes) is 2. The molecule has 0 N–H and O–H groups in total. The standard InChI is InChI=1S/C17H22FN3/c18-16-7-8-17-15(14-16)6-4-11-20(17)10-2-1-3-12-21-13-5-9-19-21/h5,7-9,13-14H,1-4,6,10-12H2. The molecule has 0 bridgehead atoms. The number of aryl methyl sites for hydroxylation is 2. The average Bonchev–Trinajstić information content (AvgIpc) is 3.00. The van der Waals surface area contributed by atoms with Crippen LogP contribution in [0, 0.1) is 5.82 Å². The quantitative estimate of drug-likeness (QED) is 0.756. The summed E-state index contributed by atoms with van der Waals surface area (Å²) in [4.78, 5) is 2.41. The summed E-state index contributed by atoms with van der Waals surface area (Å²) in [7, 11) is 0. The number of benzene rings is 1. The normalized spacial score (nSPS) is 14.2. The number of anilines is 1. The SMILES string of the molecule is Fc1ccc2c(c1)CCCN2CCCCCn1cccn1. The van der Waals surface area contributed by atoms with Crippen molar-refractivity contribution in [2.75, 3.05) is 18.0 Å². The Morgan fingerprint density at radius 1 is 1.14 bits per heavy atom. The zero-order valence-corrected chi connectivity index (χ0v) is 12.3. The lowest BCUT2D eigenvalue weighted by Gasteiger charge is -2.31. The fraction of sp³-hybridized carbons (Fsp3) is 0.471. The van der Waals surface area contributed by atoms with Crippen molar-refractivity contribution in [1.29, 1.82) is 0 Å². The summed E-state index contributed by atoms with van der Waals surface area (Å²) in [5.74, 6) is -0.116. The molecule has 0 spiro atoms. The lowest BCUT2D eigenvalue weighted by atomic mass is 10.0. The summed E-state index contributed by atoms with van der Waals surface area (Å²) in [5, 5.41) is 4.21. The van der Waals surface area contributed by atoms with Crippen LogP contribution in [-0.4, -0.2) is 22.9 Å². The first-order valence-electron chi connectivity index (χ1n) is 7.84. The minimum atomic E-state index is -0.116. The lowest BCUT2D eigenvalue weighted by molar-refractivity contribution is 0.537. The number of rotatable bonds is 6. The molecule has 0 radical (unpaired) electrons. The van der Waals surface area contributed by atoms with Crippen LogP contribution >= 0.6 is 0 Å². The minimum Gasteiger partial charge on any atom is -0.371 e. The molecule has 0 aliphatic carbocycles. The molecule has 1 aliphatic heterocycles. The third kappa shape index (κ3) is 3.63. The lowest BCUT2D eigenvalue weighted by Crippen LogP contribution is -2.30. The first kappa shape index (κ1) is 14.1. The number of halogens is 1. The molecular formula is C17H22FN3. The minimum absolute atomic E-state index is 0.116. The molecule has 3 nitrogen and oxygen atoms in total. The maximum atomic E-state index is 13.3. The van der Waals surface area contributed by atoms with Gasteiger partial charge in [0.25, 0.3) is 0 Å². The van der Waals surface area contributed by atoms with E-state index in [1.165, 1.54) is 18.5 Å². The van der Waals surface area contributed by atoms with Crippen molar-refractivity contribution < 1.29 is 4.39 Å². The van der Waals surface area contributed by atoms with Crippen molar-refractivity contribution in [3.05, 3.63) is 48.0 Å². The second-order valence-electron chi connectivity index (χ2n) is 5.69. The maximum absolute atomic E-state index is 13.3. The van der Waals surface area contributed by atoms with E-state index in [0.717, 1.165) is 44.5 Å². The second-order valence-corrected chi connectivity index (χ2v) is 5.69. The van der Waals surface area contributed by atoms with Gasteiger partial charge in [-0.2, -0.15) is 5.10 Å². The van der Waals surface area contributed by atoms with Gasteiger partial charge in [0.15, 0.2) is 0 Å². The van der Waals surface area contributed by atoms with E-state index >= 15 is 0 Å². The van der Waals surface area contributed by atoms with E-state index in [4.69, 9.17) is 0 Å². The zero-order valence-electron chi connectivity index (χ0n) is 12.3. The van der Waals surface area contributed by atoms with Crippen LogP contribution in [-0.2, 0) is 13.0 Å². The van der Waals surface area contributed by atoms with Crippen molar-refractivity contribution in [2.45, 2.75) is 38.6 Å². The summed E-state index contributed by atoms with van der Waals surface area (Å²) in [6.07, 6.45) is 9.50. The number of hydrogen-bond acceptors (Lipinski definition) is 2. The van der Waals surface area contributed by atoms with Gasteiger partial charge >= 0.3 is 0 Å². The fourth-order valence-corrected chi connectivity index (χ4v) is 3.06. The Morgan fingerprint density at radius 3 is 2.90 bits per heavy atom. The molecule has 2 heterocycles. The predicted molar refractivity (Wildman–Crippen MR) is 83.0 cm³/mol. The van der Waals surface area contributed by atoms with Gasteiger partial charge in [0.1, 0.15) is 5.82 Å². The van der Waals surface area contributed by atoms with Gasteiger partial charge in [0.2, 0.25) is 0 Å². The van der Waals surface area contributed by atoms with E-state index < -0.39 is 0 Å². The van der Waals surface area contributed by atoms with Crippen LogP contribution in [0.4, 0.5) is 10.1 Å². The summed E-state index contributed by atoms with van der Waals surface area (Å²) in [5.41, 5.74) is 2.40. The molecular weight excluding hydrogens is 265 g/mol. The highest BCUT2D eigenvalue weighted by atomic mass is 19.1. The molecule has 0 unspecified atom stereocenters. The van der Waals surface area contributed by atoms with Gasteiger partial charge in [0.05, 0.1) is 0 Å². The molecule has 0 fully saturated rings. The molecule has 3 rings (SSSR count). The molecule has 112 valence electrons. The van der Waals surface area contributed by atoms with Gasteiger partial charge in [-0.1, -0.05) is 0 Å². The molecule has 1 aliphatic rings. The monoisotopic (exact) mass is 287 g/mol. The Kier molecular flexibility index (Phi) is 4.53. The molecule has 0 saturated carbocycles. The Bertz CT molecular complexity index is 565. The van der Waals surface area contributed by atoms with Crippen molar-refractivity contribution in [3.8, 4) is 0 Å². The van der Waals surface area contributed by atoms with Crippen LogP contribution in [0.25, 0.3) is 0 Å². The van der Waals surface area contributed by atoms with Gasteiger partial charge < -0.3 is 4.90 Å². The number of fused-ring (bicyclic) bond motifs is 1. The number of nitrogens with zero attached hydrogens (tertiary/aromatic N) is 3. The molecule has 0 amide bonds. The van der Waals surface area contributed by atoms with Crippen LogP contribution in [0.3, 0.4) is 0 Å². The van der Waals surface area contributed by atoms with E-state index in [0.29, 0.717) is 0 Å². The third-order valence-electron chi connectivity index (χ3n) is 4.13. The molecule has 1 aromatic heterocycles.